The van der Waals surface area contributed by atoms with Crippen LogP contribution < -0.4 is 21.3 Å². The quantitative estimate of drug-likeness (QED) is 0.119. The van der Waals surface area contributed by atoms with Crippen molar-refractivity contribution >= 4 is 45.6 Å². The average molecular weight is 656 g/mol. The number of hydrogen-bond donors (Lipinski definition) is 4. The lowest BCUT2D eigenvalue weighted by atomic mass is 10.1. The van der Waals surface area contributed by atoms with Crippen LogP contribution in [0, 0.1) is 0 Å². The highest BCUT2D eigenvalue weighted by atomic mass is 16.5. The molecule has 0 unspecified atom stereocenters. The molecule has 5 aromatic rings. The van der Waals surface area contributed by atoms with Gasteiger partial charge in [-0.2, -0.15) is 5.10 Å². The number of piperazine rings is 1. The van der Waals surface area contributed by atoms with E-state index in [-0.39, 0.29) is 24.8 Å². The molecular weight excluding hydrogens is 614 g/mol. The molecule has 48 heavy (non-hydrogen) atoms. The Balaban J connectivity index is 0.860. The number of aryl methyl sites for hydroxylation is 1. The van der Waals surface area contributed by atoms with Crippen LogP contribution in [0.25, 0.3) is 33.3 Å². The first kappa shape index (κ1) is 32.7. The third-order valence-corrected chi connectivity index (χ3v) is 8.36. The zero-order chi connectivity index (χ0) is 33.3. The second kappa shape index (κ2) is 15.6. The molecular formula is C32H41N13O3. The molecule has 6 heterocycles. The summed E-state index contributed by atoms with van der Waals surface area (Å²) in [5.74, 6) is 0.658. The zero-order valence-corrected chi connectivity index (χ0v) is 27.1. The molecule has 0 radical (unpaired) electrons. The van der Waals surface area contributed by atoms with Gasteiger partial charge < -0.3 is 35.9 Å². The number of carbonyl (C=O) groups excluding carboxylic acids is 2. The number of nitrogens with one attached hydrogen (secondary N) is 3. The molecule has 0 atom stereocenters. The standard InChI is InChI=1S/C32H41N13O3/c1-2-43-11-13-44(14-12-43)32-38-19-24(20-39-32)31(47)36-9-16-48-15-6-25(46)34-7-3-4-10-45-30-26(28(33)40-21-41-30)27(42-45)23-17-22-5-8-35-29(22)37-18-23/h5,8,17-21H,2-4,6-7,9-16H2,1H3,(H,34,46)(H,35,37)(H,36,47)(H2,33,40,41). The summed E-state index contributed by atoms with van der Waals surface area (Å²) < 4.78 is 7.37. The Morgan fingerprint density at radius 2 is 1.81 bits per heavy atom. The molecule has 1 aliphatic heterocycles. The van der Waals surface area contributed by atoms with Crippen molar-refractivity contribution < 1.29 is 14.3 Å². The van der Waals surface area contributed by atoms with Crippen LogP contribution in [0.1, 0.15) is 36.5 Å². The number of fused-ring (bicyclic) bond motifs is 2. The molecule has 0 aromatic carbocycles. The minimum absolute atomic E-state index is 0.0904. The van der Waals surface area contributed by atoms with Gasteiger partial charge >= 0.3 is 0 Å². The molecule has 1 fully saturated rings. The minimum Gasteiger partial charge on any atom is -0.383 e. The monoisotopic (exact) mass is 655 g/mol. The Hall–Kier alpha value is -5.22. The molecule has 1 aliphatic rings. The maximum atomic E-state index is 12.4. The van der Waals surface area contributed by atoms with E-state index in [1.807, 2.05) is 23.0 Å². The molecule has 252 valence electrons. The number of nitrogens with zero attached hydrogens (tertiary/aromatic N) is 9. The van der Waals surface area contributed by atoms with E-state index < -0.39 is 0 Å². The van der Waals surface area contributed by atoms with Crippen molar-refractivity contribution in [1.29, 1.82) is 0 Å². The highest BCUT2D eigenvalue weighted by molar-refractivity contribution is 5.99. The first-order valence-electron chi connectivity index (χ1n) is 16.3. The van der Waals surface area contributed by atoms with Crippen molar-refractivity contribution in [3.05, 3.63) is 48.8 Å². The van der Waals surface area contributed by atoms with Crippen LogP contribution in [0.4, 0.5) is 11.8 Å². The molecule has 0 aliphatic carbocycles. The van der Waals surface area contributed by atoms with Gasteiger partial charge in [-0.3, -0.25) is 9.59 Å². The van der Waals surface area contributed by atoms with Gasteiger partial charge in [0.25, 0.3) is 5.91 Å². The number of anilines is 2. The Bertz CT molecular complexity index is 1830. The molecule has 16 heteroatoms. The largest absolute Gasteiger partial charge is 0.383 e. The summed E-state index contributed by atoms with van der Waals surface area (Å²) in [5.41, 5.74) is 9.61. The lowest BCUT2D eigenvalue weighted by Crippen LogP contribution is -2.46. The molecule has 6 rings (SSSR count). The van der Waals surface area contributed by atoms with E-state index in [1.54, 1.807) is 18.6 Å². The number of aromatic amines is 1. The number of pyridine rings is 1. The predicted molar refractivity (Wildman–Crippen MR) is 181 cm³/mol. The van der Waals surface area contributed by atoms with Crippen LogP contribution in [-0.2, 0) is 16.1 Å². The lowest BCUT2D eigenvalue weighted by Gasteiger charge is -2.33. The maximum absolute atomic E-state index is 12.4. The van der Waals surface area contributed by atoms with Crippen LogP contribution in [0.2, 0.25) is 0 Å². The number of nitrogen functional groups attached to an aromatic ring is 1. The Kier molecular flexibility index (Phi) is 10.6. The van der Waals surface area contributed by atoms with Gasteiger partial charge in [0.1, 0.15) is 23.5 Å². The number of hydrogen-bond acceptors (Lipinski definition) is 12. The van der Waals surface area contributed by atoms with Gasteiger partial charge in [-0.05, 0) is 31.5 Å². The summed E-state index contributed by atoms with van der Waals surface area (Å²) in [6.07, 6.45) is 9.91. The van der Waals surface area contributed by atoms with E-state index in [1.165, 1.54) is 6.33 Å². The Labute approximate surface area is 277 Å². The summed E-state index contributed by atoms with van der Waals surface area (Å²) in [4.78, 5) is 54.2. The van der Waals surface area contributed by atoms with Crippen molar-refractivity contribution in [1.82, 2.24) is 55.2 Å². The van der Waals surface area contributed by atoms with Gasteiger partial charge in [0.2, 0.25) is 11.9 Å². The smallest absolute Gasteiger partial charge is 0.254 e. The van der Waals surface area contributed by atoms with Gasteiger partial charge in [-0.1, -0.05) is 6.92 Å². The number of likely N-dealkylation sites (N-methyl/N-ethyl adjacent to an activating group) is 1. The maximum Gasteiger partial charge on any atom is 0.254 e. The van der Waals surface area contributed by atoms with E-state index in [2.05, 4.69) is 57.3 Å². The van der Waals surface area contributed by atoms with Crippen molar-refractivity contribution in [3.8, 4) is 11.3 Å². The number of ether oxygens (including phenoxy) is 1. The first-order chi connectivity index (χ1) is 23.5. The van der Waals surface area contributed by atoms with E-state index in [0.29, 0.717) is 60.3 Å². The van der Waals surface area contributed by atoms with Crippen molar-refractivity contribution in [2.75, 3.05) is 69.7 Å². The van der Waals surface area contributed by atoms with E-state index in [4.69, 9.17) is 15.6 Å². The Morgan fingerprint density at radius 1 is 0.979 bits per heavy atom. The topological polar surface area (TPSA) is 198 Å². The molecule has 0 spiro atoms. The predicted octanol–water partition coefficient (Wildman–Crippen LogP) is 1.62. The number of aromatic nitrogens is 8. The highest BCUT2D eigenvalue weighted by Gasteiger charge is 2.19. The van der Waals surface area contributed by atoms with Crippen LogP contribution in [-0.4, -0.2) is 115 Å². The van der Waals surface area contributed by atoms with Gasteiger partial charge in [0.15, 0.2) is 5.65 Å². The normalized spacial score (nSPS) is 13.7. The fourth-order valence-corrected chi connectivity index (χ4v) is 5.63. The first-order valence-corrected chi connectivity index (χ1v) is 16.3. The summed E-state index contributed by atoms with van der Waals surface area (Å²) in [6.45, 7) is 8.91. The molecule has 16 nitrogen and oxygen atoms in total. The Morgan fingerprint density at radius 3 is 2.62 bits per heavy atom. The average Bonchev–Trinajstić information content (AvgIpc) is 3.75. The number of carbonyl (C=O) groups is 2. The van der Waals surface area contributed by atoms with Gasteiger partial charge in [-0.25, -0.2) is 29.6 Å². The molecule has 1 saturated heterocycles. The highest BCUT2D eigenvalue weighted by Crippen LogP contribution is 2.31. The van der Waals surface area contributed by atoms with Crippen LogP contribution in [0.5, 0.6) is 0 Å². The molecule has 0 bridgehead atoms. The van der Waals surface area contributed by atoms with E-state index >= 15 is 0 Å². The number of unbranched alkanes of at least 4 members (excludes halogenated alkanes) is 1. The van der Waals surface area contributed by atoms with Gasteiger partial charge in [0, 0.05) is 88.0 Å². The van der Waals surface area contributed by atoms with Crippen LogP contribution in [0.15, 0.2) is 43.2 Å². The second-order valence-corrected chi connectivity index (χ2v) is 11.5. The molecule has 2 amide bonds. The van der Waals surface area contributed by atoms with Gasteiger partial charge in [0.05, 0.1) is 24.2 Å². The fraction of sp³-hybridized carbons (Fsp3) is 0.438. The SMILES string of the molecule is CCN1CCN(c2ncc(C(=O)NCCOCCC(=O)NCCCCn3nc(-c4cnc5[nH]ccc5c4)c4c(N)ncnc43)cn2)CC1. The van der Waals surface area contributed by atoms with E-state index in [9.17, 15) is 9.59 Å². The summed E-state index contributed by atoms with van der Waals surface area (Å²) >= 11 is 0. The third kappa shape index (κ3) is 7.83. The fourth-order valence-electron chi connectivity index (χ4n) is 5.63. The van der Waals surface area contributed by atoms with Crippen molar-refractivity contribution in [3.63, 3.8) is 0 Å². The third-order valence-electron chi connectivity index (χ3n) is 8.36. The zero-order valence-electron chi connectivity index (χ0n) is 27.1. The molecule has 5 aromatic heterocycles. The summed E-state index contributed by atoms with van der Waals surface area (Å²) in [7, 11) is 0. The summed E-state index contributed by atoms with van der Waals surface area (Å²) in [5, 5.41) is 12.2. The molecule has 5 N–H and O–H groups in total. The number of rotatable bonds is 15. The summed E-state index contributed by atoms with van der Waals surface area (Å²) in [6, 6.07) is 3.97. The van der Waals surface area contributed by atoms with Crippen molar-refractivity contribution in [2.45, 2.75) is 32.7 Å². The minimum atomic E-state index is -0.260. The van der Waals surface area contributed by atoms with Crippen LogP contribution >= 0.6 is 0 Å². The number of amides is 2. The van der Waals surface area contributed by atoms with Crippen molar-refractivity contribution in [2.24, 2.45) is 0 Å². The number of H-pyrrole nitrogens is 1. The van der Waals surface area contributed by atoms with Gasteiger partial charge in [-0.15, -0.1) is 0 Å². The number of nitrogens with two attached hydrogens (primary N) is 1. The van der Waals surface area contributed by atoms with Crippen LogP contribution in [0.3, 0.4) is 0 Å². The van der Waals surface area contributed by atoms with E-state index in [0.717, 1.165) is 62.2 Å². The second-order valence-electron chi connectivity index (χ2n) is 11.5. The lowest BCUT2D eigenvalue weighted by molar-refractivity contribution is -0.122. The molecule has 0 saturated carbocycles.